The number of benzene rings is 1. The van der Waals surface area contributed by atoms with Crippen molar-refractivity contribution in [3.05, 3.63) is 29.6 Å². The smallest absolute Gasteiger partial charge is 0.165 e. The Balaban J connectivity index is 0.00000110. The molecular formula is C15H23Cl2FN2O. The van der Waals surface area contributed by atoms with Gasteiger partial charge in [-0.2, -0.15) is 0 Å². The third-order valence-electron chi connectivity index (χ3n) is 4.13. The number of halogens is 3. The van der Waals surface area contributed by atoms with Crippen LogP contribution in [-0.4, -0.2) is 38.2 Å². The first-order chi connectivity index (χ1) is 9.29. The fourth-order valence-corrected chi connectivity index (χ4v) is 3.01. The molecule has 6 heteroatoms. The Morgan fingerprint density at radius 1 is 1.24 bits per heavy atom. The molecule has 2 fully saturated rings. The summed E-state index contributed by atoms with van der Waals surface area (Å²) in [7, 11) is 1.53. The second-order valence-corrected chi connectivity index (χ2v) is 5.46. The maximum atomic E-state index is 13.5. The lowest BCUT2D eigenvalue weighted by atomic mass is 9.99. The Kier molecular flexibility index (Phi) is 7.21. The normalized spacial score (nSPS) is 20.1. The van der Waals surface area contributed by atoms with Crippen molar-refractivity contribution in [2.75, 3.05) is 33.3 Å². The highest BCUT2D eigenvalue weighted by molar-refractivity contribution is 5.85. The quantitative estimate of drug-likeness (QED) is 0.914. The van der Waals surface area contributed by atoms with Crippen LogP contribution in [-0.2, 0) is 0 Å². The van der Waals surface area contributed by atoms with E-state index in [1.807, 2.05) is 12.1 Å². The molecule has 1 N–H and O–H groups in total. The highest BCUT2D eigenvalue weighted by Gasteiger charge is 2.36. The van der Waals surface area contributed by atoms with Crippen molar-refractivity contribution in [3.63, 3.8) is 0 Å². The SMILES string of the molecule is COc1cc([C@@H](C2CC2)N2CCNCC2)ccc1F.Cl.Cl. The van der Waals surface area contributed by atoms with E-state index in [1.165, 1.54) is 31.6 Å². The Morgan fingerprint density at radius 3 is 2.48 bits per heavy atom. The Hall–Kier alpha value is -0.550. The standard InChI is InChI=1S/C15H21FN2O.2ClH/c1-19-14-10-12(4-5-13(14)16)15(11-2-3-11)18-8-6-17-7-9-18;;/h4-5,10-11,15,17H,2-3,6-9H2,1H3;2*1H/t15-;;/m1../s1. The molecule has 0 amide bonds. The van der Waals surface area contributed by atoms with Crippen LogP contribution in [0.2, 0.25) is 0 Å². The highest BCUT2D eigenvalue weighted by atomic mass is 35.5. The molecule has 1 aliphatic heterocycles. The van der Waals surface area contributed by atoms with Crippen molar-refractivity contribution in [1.82, 2.24) is 10.2 Å². The second-order valence-electron chi connectivity index (χ2n) is 5.46. The van der Waals surface area contributed by atoms with Crippen molar-refractivity contribution < 1.29 is 9.13 Å². The van der Waals surface area contributed by atoms with Crippen LogP contribution >= 0.6 is 24.8 Å². The molecule has 120 valence electrons. The van der Waals surface area contributed by atoms with E-state index in [0.29, 0.717) is 11.8 Å². The van der Waals surface area contributed by atoms with E-state index in [4.69, 9.17) is 4.74 Å². The predicted octanol–water partition coefficient (Wildman–Crippen LogP) is 3.03. The zero-order chi connectivity index (χ0) is 13.2. The number of hydrogen-bond donors (Lipinski definition) is 1. The average molecular weight is 337 g/mol. The lowest BCUT2D eigenvalue weighted by Crippen LogP contribution is -2.45. The molecule has 0 aromatic heterocycles. The molecule has 1 saturated carbocycles. The van der Waals surface area contributed by atoms with Gasteiger partial charge in [0, 0.05) is 32.2 Å². The number of piperazine rings is 1. The molecule has 0 unspecified atom stereocenters. The van der Waals surface area contributed by atoms with Crippen LogP contribution in [0.4, 0.5) is 4.39 Å². The van der Waals surface area contributed by atoms with Crippen LogP contribution < -0.4 is 10.1 Å². The molecule has 3 rings (SSSR count). The summed E-state index contributed by atoms with van der Waals surface area (Å²) in [5, 5.41) is 3.39. The summed E-state index contributed by atoms with van der Waals surface area (Å²) in [6.07, 6.45) is 2.57. The largest absolute Gasteiger partial charge is 0.494 e. The van der Waals surface area contributed by atoms with Crippen molar-refractivity contribution in [2.24, 2.45) is 5.92 Å². The summed E-state index contributed by atoms with van der Waals surface area (Å²) < 4.78 is 18.7. The van der Waals surface area contributed by atoms with Crippen molar-refractivity contribution in [1.29, 1.82) is 0 Å². The van der Waals surface area contributed by atoms with Gasteiger partial charge in [-0.3, -0.25) is 4.90 Å². The molecule has 1 heterocycles. The van der Waals surface area contributed by atoms with Gasteiger partial charge in [-0.1, -0.05) is 6.07 Å². The Bertz CT molecular complexity index is 451. The highest BCUT2D eigenvalue weighted by Crippen LogP contribution is 2.45. The van der Waals surface area contributed by atoms with E-state index < -0.39 is 0 Å². The summed E-state index contributed by atoms with van der Waals surface area (Å²) in [6.45, 7) is 4.23. The van der Waals surface area contributed by atoms with Crippen molar-refractivity contribution in [3.8, 4) is 5.75 Å². The molecule has 2 aliphatic rings. The third-order valence-corrected chi connectivity index (χ3v) is 4.13. The van der Waals surface area contributed by atoms with E-state index in [0.717, 1.165) is 32.1 Å². The number of ether oxygens (including phenoxy) is 1. The molecule has 0 bridgehead atoms. The Morgan fingerprint density at radius 2 is 1.90 bits per heavy atom. The van der Waals surface area contributed by atoms with Gasteiger partial charge in [-0.15, -0.1) is 24.8 Å². The van der Waals surface area contributed by atoms with E-state index in [2.05, 4.69) is 10.2 Å². The molecule has 1 aromatic carbocycles. The van der Waals surface area contributed by atoms with Gasteiger partial charge in [0.25, 0.3) is 0 Å². The molecule has 21 heavy (non-hydrogen) atoms. The maximum absolute atomic E-state index is 13.5. The Labute approximate surface area is 138 Å². The van der Waals surface area contributed by atoms with Gasteiger partial charge >= 0.3 is 0 Å². The van der Waals surface area contributed by atoms with Crippen molar-refractivity contribution >= 4 is 24.8 Å². The first-order valence-electron chi connectivity index (χ1n) is 7.08. The summed E-state index contributed by atoms with van der Waals surface area (Å²) in [6, 6.07) is 5.76. The van der Waals surface area contributed by atoms with Gasteiger partial charge in [-0.05, 0) is 36.5 Å². The van der Waals surface area contributed by atoms with Crippen LogP contribution in [0.25, 0.3) is 0 Å². The molecule has 1 aromatic rings. The van der Waals surface area contributed by atoms with Crippen LogP contribution in [0.5, 0.6) is 5.75 Å². The first-order valence-corrected chi connectivity index (χ1v) is 7.08. The summed E-state index contributed by atoms with van der Waals surface area (Å²) in [4.78, 5) is 2.53. The number of nitrogens with zero attached hydrogens (tertiary/aromatic N) is 1. The molecule has 1 atom stereocenters. The maximum Gasteiger partial charge on any atom is 0.165 e. The fraction of sp³-hybridized carbons (Fsp3) is 0.600. The number of nitrogens with one attached hydrogen (secondary N) is 1. The minimum absolute atomic E-state index is 0. The topological polar surface area (TPSA) is 24.5 Å². The van der Waals surface area contributed by atoms with Crippen LogP contribution in [0.3, 0.4) is 0 Å². The van der Waals surface area contributed by atoms with Crippen LogP contribution in [0.1, 0.15) is 24.4 Å². The molecule has 1 saturated heterocycles. The summed E-state index contributed by atoms with van der Waals surface area (Å²) in [5.41, 5.74) is 1.20. The zero-order valence-corrected chi connectivity index (χ0v) is 13.8. The third kappa shape index (κ3) is 4.22. The van der Waals surface area contributed by atoms with Crippen LogP contribution in [0, 0.1) is 11.7 Å². The van der Waals surface area contributed by atoms with Gasteiger partial charge in [0.05, 0.1) is 7.11 Å². The number of methoxy groups -OCH3 is 1. The number of hydrogen-bond acceptors (Lipinski definition) is 3. The summed E-state index contributed by atoms with van der Waals surface area (Å²) >= 11 is 0. The lowest BCUT2D eigenvalue weighted by Gasteiger charge is -2.35. The molecule has 0 spiro atoms. The fourth-order valence-electron chi connectivity index (χ4n) is 3.01. The number of rotatable bonds is 4. The van der Waals surface area contributed by atoms with E-state index >= 15 is 0 Å². The van der Waals surface area contributed by atoms with Gasteiger partial charge in [0.1, 0.15) is 0 Å². The van der Waals surface area contributed by atoms with Gasteiger partial charge in [-0.25, -0.2) is 4.39 Å². The molecular weight excluding hydrogens is 314 g/mol. The minimum Gasteiger partial charge on any atom is -0.494 e. The van der Waals surface area contributed by atoms with E-state index in [-0.39, 0.29) is 30.6 Å². The molecule has 1 aliphatic carbocycles. The van der Waals surface area contributed by atoms with Crippen molar-refractivity contribution in [2.45, 2.75) is 18.9 Å². The summed E-state index contributed by atoms with van der Waals surface area (Å²) in [5.74, 6) is 0.813. The predicted molar refractivity (Wildman–Crippen MR) is 87.4 cm³/mol. The average Bonchev–Trinajstić information content (AvgIpc) is 3.27. The van der Waals surface area contributed by atoms with Gasteiger partial charge in [0.15, 0.2) is 11.6 Å². The monoisotopic (exact) mass is 336 g/mol. The van der Waals surface area contributed by atoms with E-state index in [9.17, 15) is 4.39 Å². The van der Waals surface area contributed by atoms with E-state index in [1.54, 1.807) is 0 Å². The lowest BCUT2D eigenvalue weighted by molar-refractivity contribution is 0.156. The second kappa shape index (κ2) is 8.18. The minimum atomic E-state index is -0.277. The van der Waals surface area contributed by atoms with Gasteiger partial charge < -0.3 is 10.1 Å². The van der Waals surface area contributed by atoms with Crippen LogP contribution in [0.15, 0.2) is 18.2 Å². The van der Waals surface area contributed by atoms with Gasteiger partial charge in [0.2, 0.25) is 0 Å². The molecule has 3 nitrogen and oxygen atoms in total. The first kappa shape index (κ1) is 18.5. The molecule has 0 radical (unpaired) electrons. The zero-order valence-electron chi connectivity index (χ0n) is 12.2.